The van der Waals surface area contributed by atoms with Crippen molar-refractivity contribution < 1.29 is 4.39 Å². The molecule has 0 amide bonds. The standard InChI is InChI=1S/C11H14Cl2FN3/c12-8-5-9(13)10(14)4-7(8)11-3-6(1-2-15)16-17-11/h4-6,11,16-17H,1-3,15H2. The van der Waals surface area contributed by atoms with Gasteiger partial charge in [-0.25, -0.2) is 9.82 Å². The Bertz CT molecular complexity index is 414. The summed E-state index contributed by atoms with van der Waals surface area (Å²) in [5.74, 6) is -0.449. The third kappa shape index (κ3) is 2.89. The molecule has 94 valence electrons. The first kappa shape index (κ1) is 13.1. The van der Waals surface area contributed by atoms with Crippen molar-refractivity contribution in [2.45, 2.75) is 24.9 Å². The number of halogens is 3. The van der Waals surface area contributed by atoms with Gasteiger partial charge in [-0.15, -0.1) is 0 Å². The van der Waals surface area contributed by atoms with Crippen molar-refractivity contribution in [3.05, 3.63) is 33.6 Å². The van der Waals surface area contributed by atoms with Gasteiger partial charge in [0, 0.05) is 17.1 Å². The third-order valence-electron chi connectivity index (χ3n) is 2.91. The molecular weight excluding hydrogens is 264 g/mol. The molecule has 1 aromatic carbocycles. The van der Waals surface area contributed by atoms with E-state index in [2.05, 4.69) is 10.9 Å². The number of nitrogens with two attached hydrogens (primary N) is 1. The monoisotopic (exact) mass is 277 g/mol. The van der Waals surface area contributed by atoms with Crippen LogP contribution in [0.25, 0.3) is 0 Å². The Morgan fingerprint density at radius 3 is 2.76 bits per heavy atom. The zero-order chi connectivity index (χ0) is 12.4. The second kappa shape index (κ2) is 5.50. The maximum Gasteiger partial charge on any atom is 0.142 e. The Balaban J connectivity index is 2.16. The van der Waals surface area contributed by atoms with Gasteiger partial charge in [0.15, 0.2) is 0 Å². The molecule has 0 bridgehead atoms. The first-order valence-electron chi connectivity index (χ1n) is 5.47. The highest BCUT2D eigenvalue weighted by Crippen LogP contribution is 2.32. The summed E-state index contributed by atoms with van der Waals surface area (Å²) >= 11 is 11.7. The lowest BCUT2D eigenvalue weighted by Gasteiger charge is -2.12. The summed E-state index contributed by atoms with van der Waals surface area (Å²) in [6.07, 6.45) is 1.70. The van der Waals surface area contributed by atoms with E-state index in [-0.39, 0.29) is 11.1 Å². The molecule has 1 aromatic rings. The highest BCUT2D eigenvalue weighted by Gasteiger charge is 2.26. The summed E-state index contributed by atoms with van der Waals surface area (Å²) in [5, 5.41) is 0.521. The van der Waals surface area contributed by atoms with E-state index in [9.17, 15) is 4.39 Å². The molecule has 0 aliphatic carbocycles. The van der Waals surface area contributed by atoms with Crippen molar-refractivity contribution in [1.29, 1.82) is 0 Å². The van der Waals surface area contributed by atoms with Crippen molar-refractivity contribution in [3.8, 4) is 0 Å². The first-order chi connectivity index (χ1) is 8.11. The predicted octanol–water partition coefficient (Wildman–Crippen LogP) is 2.39. The van der Waals surface area contributed by atoms with Crippen LogP contribution in [0.15, 0.2) is 12.1 Å². The normalized spacial score (nSPS) is 24.2. The van der Waals surface area contributed by atoms with Gasteiger partial charge in [0.2, 0.25) is 0 Å². The summed E-state index contributed by atoms with van der Waals surface area (Å²) in [6, 6.07) is 3.10. The molecule has 4 N–H and O–H groups in total. The van der Waals surface area contributed by atoms with Crippen molar-refractivity contribution in [2.75, 3.05) is 6.54 Å². The topological polar surface area (TPSA) is 50.1 Å². The van der Waals surface area contributed by atoms with Crippen LogP contribution in [0.3, 0.4) is 0 Å². The number of hydrogen-bond donors (Lipinski definition) is 3. The Kier molecular flexibility index (Phi) is 4.22. The molecule has 1 saturated heterocycles. The fourth-order valence-corrected chi connectivity index (χ4v) is 2.54. The Morgan fingerprint density at radius 2 is 2.06 bits per heavy atom. The van der Waals surface area contributed by atoms with Crippen LogP contribution in [-0.2, 0) is 0 Å². The minimum Gasteiger partial charge on any atom is -0.330 e. The van der Waals surface area contributed by atoms with Gasteiger partial charge in [-0.1, -0.05) is 23.2 Å². The van der Waals surface area contributed by atoms with Crippen molar-refractivity contribution in [2.24, 2.45) is 5.73 Å². The number of benzene rings is 1. The number of hydrogen-bond acceptors (Lipinski definition) is 3. The lowest BCUT2D eigenvalue weighted by atomic mass is 10.0. The van der Waals surface area contributed by atoms with Crippen LogP contribution in [0.5, 0.6) is 0 Å². The molecule has 2 atom stereocenters. The molecule has 2 unspecified atom stereocenters. The Morgan fingerprint density at radius 1 is 1.29 bits per heavy atom. The van der Waals surface area contributed by atoms with Gasteiger partial charge >= 0.3 is 0 Å². The van der Waals surface area contributed by atoms with Crippen LogP contribution in [-0.4, -0.2) is 12.6 Å². The molecule has 6 heteroatoms. The minimum absolute atomic E-state index is 0.00850. The first-order valence-corrected chi connectivity index (χ1v) is 6.23. The van der Waals surface area contributed by atoms with Gasteiger partial charge in [0.05, 0.1) is 5.02 Å². The van der Waals surface area contributed by atoms with E-state index >= 15 is 0 Å². The smallest absolute Gasteiger partial charge is 0.142 e. The summed E-state index contributed by atoms with van der Waals surface area (Å²) in [5.41, 5.74) is 12.4. The summed E-state index contributed by atoms with van der Waals surface area (Å²) in [4.78, 5) is 0. The molecule has 0 aromatic heterocycles. The fourth-order valence-electron chi connectivity index (χ4n) is 2.02. The maximum absolute atomic E-state index is 13.4. The van der Waals surface area contributed by atoms with Gasteiger partial charge in [-0.05, 0) is 37.1 Å². The second-order valence-corrected chi connectivity index (χ2v) is 4.95. The maximum atomic E-state index is 13.4. The molecule has 0 spiro atoms. The van der Waals surface area contributed by atoms with Crippen molar-refractivity contribution in [3.63, 3.8) is 0 Å². The van der Waals surface area contributed by atoms with Crippen molar-refractivity contribution >= 4 is 23.2 Å². The molecule has 1 heterocycles. The van der Waals surface area contributed by atoms with Crippen LogP contribution in [0.2, 0.25) is 10.0 Å². The quantitative estimate of drug-likeness (QED) is 0.744. The van der Waals surface area contributed by atoms with E-state index in [1.54, 1.807) is 0 Å². The van der Waals surface area contributed by atoms with E-state index in [4.69, 9.17) is 28.9 Å². The zero-order valence-corrected chi connectivity index (χ0v) is 10.7. The minimum atomic E-state index is -0.449. The second-order valence-electron chi connectivity index (χ2n) is 4.14. The van der Waals surface area contributed by atoms with Gasteiger partial charge < -0.3 is 5.73 Å². The Labute approximate surface area is 109 Å². The largest absolute Gasteiger partial charge is 0.330 e. The number of rotatable bonds is 3. The Hall–Kier alpha value is -0.390. The predicted molar refractivity (Wildman–Crippen MR) is 67.5 cm³/mol. The summed E-state index contributed by atoms with van der Waals surface area (Å²) < 4.78 is 13.4. The van der Waals surface area contributed by atoms with E-state index in [0.717, 1.165) is 18.4 Å². The average Bonchev–Trinajstić information content (AvgIpc) is 2.72. The third-order valence-corrected chi connectivity index (χ3v) is 3.53. The van der Waals surface area contributed by atoms with E-state index in [1.165, 1.54) is 12.1 Å². The van der Waals surface area contributed by atoms with Gasteiger partial charge in [0.1, 0.15) is 5.82 Å². The molecule has 1 fully saturated rings. The van der Waals surface area contributed by atoms with Crippen LogP contribution < -0.4 is 16.6 Å². The van der Waals surface area contributed by atoms with Crippen LogP contribution in [0.4, 0.5) is 4.39 Å². The highest BCUT2D eigenvalue weighted by atomic mass is 35.5. The number of nitrogens with one attached hydrogen (secondary N) is 2. The van der Waals surface area contributed by atoms with Crippen molar-refractivity contribution in [1.82, 2.24) is 10.9 Å². The van der Waals surface area contributed by atoms with Crippen LogP contribution >= 0.6 is 23.2 Å². The molecule has 0 radical (unpaired) electrons. The average molecular weight is 278 g/mol. The molecule has 1 aliphatic rings. The SMILES string of the molecule is NCCC1CC(c2cc(F)c(Cl)cc2Cl)NN1. The van der Waals surface area contributed by atoms with Gasteiger partial charge in [0.25, 0.3) is 0 Å². The van der Waals surface area contributed by atoms with E-state index in [1.807, 2.05) is 0 Å². The molecule has 3 nitrogen and oxygen atoms in total. The van der Waals surface area contributed by atoms with Crippen LogP contribution in [0.1, 0.15) is 24.4 Å². The zero-order valence-electron chi connectivity index (χ0n) is 9.14. The molecule has 2 rings (SSSR count). The summed E-state index contributed by atoms with van der Waals surface area (Å²) in [7, 11) is 0. The van der Waals surface area contributed by atoms with E-state index < -0.39 is 5.82 Å². The lowest BCUT2D eigenvalue weighted by Crippen LogP contribution is -2.32. The fraction of sp³-hybridized carbons (Fsp3) is 0.455. The van der Waals surface area contributed by atoms with Crippen LogP contribution in [0, 0.1) is 5.82 Å². The van der Waals surface area contributed by atoms with Gasteiger partial charge in [-0.3, -0.25) is 5.43 Å². The highest BCUT2D eigenvalue weighted by molar-refractivity contribution is 6.35. The lowest BCUT2D eigenvalue weighted by molar-refractivity contribution is 0.521. The molecular formula is C11H14Cl2FN3. The van der Waals surface area contributed by atoms with E-state index in [0.29, 0.717) is 17.6 Å². The molecule has 1 aliphatic heterocycles. The van der Waals surface area contributed by atoms with Gasteiger partial charge in [-0.2, -0.15) is 0 Å². The number of hydrazine groups is 1. The molecule has 17 heavy (non-hydrogen) atoms. The summed E-state index contributed by atoms with van der Waals surface area (Å²) in [6.45, 7) is 0.620. The molecule has 0 saturated carbocycles.